The Balaban J connectivity index is 1.94. The monoisotopic (exact) mass is 383 g/mol. The van der Waals surface area contributed by atoms with Crippen LogP contribution in [0.15, 0.2) is 47.4 Å². The second-order valence-electron chi connectivity index (χ2n) is 6.49. The Labute approximate surface area is 164 Å². The summed E-state index contributed by atoms with van der Waals surface area (Å²) in [5.74, 6) is 0.668. The van der Waals surface area contributed by atoms with E-state index in [1.807, 2.05) is 69.3 Å². The predicted octanol–water partition coefficient (Wildman–Crippen LogP) is 5.50. The minimum absolute atomic E-state index is 0.0644. The van der Waals surface area contributed by atoms with Crippen LogP contribution in [0.2, 0.25) is 0 Å². The number of carbonyl (C=O) groups excluding carboxylic acids is 1. The molecule has 3 nitrogen and oxygen atoms in total. The van der Waals surface area contributed by atoms with Crippen LogP contribution in [0.25, 0.3) is 6.08 Å². The molecule has 3 rings (SSSR count). The summed E-state index contributed by atoms with van der Waals surface area (Å²) in [7, 11) is 0. The standard InChI is InChI=1S/C21H21NO2S2/c1-13(2)24-18-8-6-5-7-16(18)12-19-20(23)22(21(25)26-19)17-10-9-14(3)15(4)11-17/h5-13H,1-4H3/b19-12-. The Hall–Kier alpha value is -2.11. The molecule has 0 aliphatic carbocycles. The fourth-order valence-corrected chi connectivity index (χ4v) is 3.95. The van der Waals surface area contributed by atoms with E-state index in [2.05, 4.69) is 6.92 Å². The number of nitrogens with zero attached hydrogens (tertiary/aromatic N) is 1. The van der Waals surface area contributed by atoms with Crippen LogP contribution < -0.4 is 9.64 Å². The number of anilines is 1. The molecule has 1 fully saturated rings. The molecule has 2 aromatic rings. The van der Waals surface area contributed by atoms with E-state index in [9.17, 15) is 4.79 Å². The zero-order valence-corrected chi connectivity index (χ0v) is 16.9. The molecule has 1 aliphatic rings. The summed E-state index contributed by atoms with van der Waals surface area (Å²) in [6.45, 7) is 8.05. The summed E-state index contributed by atoms with van der Waals surface area (Å²) in [6.07, 6.45) is 1.92. The minimum Gasteiger partial charge on any atom is -0.490 e. The van der Waals surface area contributed by atoms with Crippen molar-refractivity contribution in [2.75, 3.05) is 4.90 Å². The fourth-order valence-electron chi connectivity index (χ4n) is 2.66. The third-order valence-corrected chi connectivity index (χ3v) is 5.41. The highest BCUT2D eigenvalue weighted by Crippen LogP contribution is 2.37. The van der Waals surface area contributed by atoms with Gasteiger partial charge in [0.15, 0.2) is 4.32 Å². The molecule has 1 aliphatic heterocycles. The second kappa shape index (κ2) is 7.64. The first-order valence-electron chi connectivity index (χ1n) is 8.47. The Morgan fingerprint density at radius 2 is 1.85 bits per heavy atom. The summed E-state index contributed by atoms with van der Waals surface area (Å²) in [6, 6.07) is 13.7. The van der Waals surface area contributed by atoms with Crippen molar-refractivity contribution in [3.63, 3.8) is 0 Å². The molecule has 0 spiro atoms. The van der Waals surface area contributed by atoms with Gasteiger partial charge in [-0.3, -0.25) is 9.69 Å². The van der Waals surface area contributed by atoms with E-state index in [4.69, 9.17) is 17.0 Å². The number of benzene rings is 2. The van der Waals surface area contributed by atoms with Gasteiger partial charge in [0, 0.05) is 5.56 Å². The van der Waals surface area contributed by atoms with Crippen LogP contribution in [-0.2, 0) is 4.79 Å². The quantitative estimate of drug-likeness (QED) is 0.515. The lowest BCUT2D eigenvalue weighted by Gasteiger charge is -2.16. The molecule has 5 heteroatoms. The molecule has 0 radical (unpaired) electrons. The number of para-hydroxylation sites is 1. The zero-order chi connectivity index (χ0) is 18.8. The Bertz CT molecular complexity index is 903. The van der Waals surface area contributed by atoms with E-state index in [0.717, 1.165) is 22.6 Å². The van der Waals surface area contributed by atoms with Crippen molar-refractivity contribution in [2.24, 2.45) is 0 Å². The van der Waals surface area contributed by atoms with Gasteiger partial charge in [0.25, 0.3) is 5.91 Å². The lowest BCUT2D eigenvalue weighted by molar-refractivity contribution is -0.113. The zero-order valence-electron chi connectivity index (χ0n) is 15.3. The highest BCUT2D eigenvalue weighted by molar-refractivity contribution is 8.27. The van der Waals surface area contributed by atoms with Crippen LogP contribution in [0.4, 0.5) is 5.69 Å². The third kappa shape index (κ3) is 3.84. The summed E-state index contributed by atoms with van der Waals surface area (Å²) in [4.78, 5) is 15.2. The van der Waals surface area contributed by atoms with Gasteiger partial charge < -0.3 is 4.74 Å². The van der Waals surface area contributed by atoms with E-state index < -0.39 is 0 Å². The first-order chi connectivity index (χ1) is 12.4. The van der Waals surface area contributed by atoms with Crippen LogP contribution in [0.3, 0.4) is 0 Å². The van der Waals surface area contributed by atoms with E-state index in [1.165, 1.54) is 17.3 Å². The number of thiocarbonyl (C=S) groups is 1. The molecule has 0 unspecified atom stereocenters. The SMILES string of the molecule is Cc1ccc(N2C(=O)/C(=C/c3ccccc3OC(C)C)SC2=S)cc1C. The van der Waals surface area contributed by atoms with Gasteiger partial charge in [-0.1, -0.05) is 48.2 Å². The summed E-state index contributed by atoms with van der Waals surface area (Å²) in [5.41, 5.74) is 4.01. The van der Waals surface area contributed by atoms with Crippen LogP contribution >= 0.6 is 24.0 Å². The number of hydrogen-bond donors (Lipinski definition) is 0. The van der Waals surface area contributed by atoms with Gasteiger partial charge in [-0.25, -0.2) is 0 Å². The maximum absolute atomic E-state index is 13.0. The highest BCUT2D eigenvalue weighted by Gasteiger charge is 2.33. The van der Waals surface area contributed by atoms with Crippen LogP contribution in [0.1, 0.15) is 30.5 Å². The van der Waals surface area contributed by atoms with Crippen LogP contribution in [0.5, 0.6) is 5.75 Å². The lowest BCUT2D eigenvalue weighted by Crippen LogP contribution is -2.27. The Kier molecular flexibility index (Phi) is 5.49. The number of ether oxygens (including phenoxy) is 1. The molecule has 1 amide bonds. The van der Waals surface area contributed by atoms with Crippen LogP contribution in [0, 0.1) is 13.8 Å². The number of rotatable bonds is 4. The summed E-state index contributed by atoms with van der Waals surface area (Å²) >= 11 is 6.79. The topological polar surface area (TPSA) is 29.5 Å². The van der Waals surface area contributed by atoms with Crippen molar-refractivity contribution in [3.05, 3.63) is 64.1 Å². The second-order valence-corrected chi connectivity index (χ2v) is 8.17. The Morgan fingerprint density at radius 3 is 2.54 bits per heavy atom. The van der Waals surface area contributed by atoms with Gasteiger partial charge in [-0.2, -0.15) is 0 Å². The molecule has 0 atom stereocenters. The largest absolute Gasteiger partial charge is 0.490 e. The molecule has 134 valence electrons. The van der Waals surface area contributed by atoms with Crippen molar-refractivity contribution in [2.45, 2.75) is 33.8 Å². The lowest BCUT2D eigenvalue weighted by atomic mass is 10.1. The molecule has 0 saturated carbocycles. The van der Waals surface area contributed by atoms with Crippen molar-refractivity contribution in [3.8, 4) is 5.75 Å². The highest BCUT2D eigenvalue weighted by atomic mass is 32.2. The smallest absolute Gasteiger partial charge is 0.270 e. The number of thioether (sulfide) groups is 1. The van der Waals surface area contributed by atoms with Gasteiger partial charge in [0.1, 0.15) is 5.75 Å². The van der Waals surface area contributed by atoms with Crippen molar-refractivity contribution < 1.29 is 9.53 Å². The number of aryl methyl sites for hydroxylation is 2. The molecular formula is C21H21NO2S2. The average Bonchev–Trinajstić information content (AvgIpc) is 2.85. The molecule has 1 heterocycles. The molecule has 0 N–H and O–H groups in total. The molecule has 0 aromatic heterocycles. The Morgan fingerprint density at radius 1 is 1.12 bits per heavy atom. The number of carbonyl (C=O) groups is 1. The van der Waals surface area contributed by atoms with E-state index in [0.29, 0.717) is 9.23 Å². The maximum atomic E-state index is 13.0. The van der Waals surface area contributed by atoms with Gasteiger partial charge in [0.05, 0.1) is 16.7 Å². The molecule has 0 bridgehead atoms. The average molecular weight is 384 g/mol. The van der Waals surface area contributed by atoms with E-state index in [-0.39, 0.29) is 12.0 Å². The first kappa shape index (κ1) is 18.7. The van der Waals surface area contributed by atoms with Crippen molar-refractivity contribution in [1.82, 2.24) is 0 Å². The number of amides is 1. The maximum Gasteiger partial charge on any atom is 0.270 e. The number of hydrogen-bond acceptors (Lipinski definition) is 4. The van der Waals surface area contributed by atoms with Crippen molar-refractivity contribution in [1.29, 1.82) is 0 Å². The summed E-state index contributed by atoms with van der Waals surface area (Å²) < 4.78 is 6.39. The normalized spacial score (nSPS) is 16.0. The predicted molar refractivity (Wildman–Crippen MR) is 114 cm³/mol. The van der Waals surface area contributed by atoms with Crippen LogP contribution in [-0.4, -0.2) is 16.3 Å². The fraction of sp³-hybridized carbons (Fsp3) is 0.238. The molecule has 26 heavy (non-hydrogen) atoms. The van der Waals surface area contributed by atoms with E-state index >= 15 is 0 Å². The minimum atomic E-state index is -0.0948. The first-order valence-corrected chi connectivity index (χ1v) is 9.70. The molecule has 1 saturated heterocycles. The van der Waals surface area contributed by atoms with Crippen molar-refractivity contribution >= 4 is 46.0 Å². The van der Waals surface area contributed by atoms with Gasteiger partial charge in [-0.05, 0) is 63.1 Å². The van der Waals surface area contributed by atoms with E-state index in [1.54, 1.807) is 4.90 Å². The van der Waals surface area contributed by atoms with Gasteiger partial charge in [-0.15, -0.1) is 0 Å². The summed E-state index contributed by atoms with van der Waals surface area (Å²) in [5, 5.41) is 0. The third-order valence-electron chi connectivity index (χ3n) is 4.11. The van der Waals surface area contributed by atoms with Gasteiger partial charge in [0.2, 0.25) is 0 Å². The molecule has 2 aromatic carbocycles. The van der Waals surface area contributed by atoms with Gasteiger partial charge >= 0.3 is 0 Å². The molecular weight excluding hydrogens is 362 g/mol.